The number of methoxy groups -OCH3 is 1. The average Bonchev–Trinajstić information content (AvgIpc) is 3.15. The Morgan fingerprint density at radius 2 is 2.00 bits per heavy atom. The largest absolute Gasteiger partial charge is 0.496 e. The number of amides is 1. The minimum atomic E-state index is -3.65. The molecule has 8 nitrogen and oxygen atoms in total. The van der Waals surface area contributed by atoms with Crippen LogP contribution < -0.4 is 10.1 Å². The predicted molar refractivity (Wildman–Crippen MR) is 105 cm³/mol. The third kappa shape index (κ3) is 4.42. The third-order valence-electron chi connectivity index (χ3n) is 4.17. The Kier molecular flexibility index (Phi) is 6.35. The number of aromatic nitrogens is 2. The van der Waals surface area contributed by atoms with Crippen LogP contribution in [-0.4, -0.2) is 55.3 Å². The van der Waals surface area contributed by atoms with E-state index in [9.17, 15) is 13.2 Å². The molecular weight excluding hydrogens is 408 g/mol. The fraction of sp³-hybridized carbons (Fsp3) is 0.438. The number of nitrogens with zero attached hydrogens (tertiary/aromatic N) is 3. The number of hydrogen-bond acceptors (Lipinski definition) is 8. The van der Waals surface area contributed by atoms with E-state index in [1.54, 1.807) is 0 Å². The molecule has 0 spiro atoms. The number of anilines is 1. The van der Waals surface area contributed by atoms with Crippen molar-refractivity contribution in [1.29, 1.82) is 0 Å². The molecule has 1 fully saturated rings. The summed E-state index contributed by atoms with van der Waals surface area (Å²) >= 11 is 2.67. The van der Waals surface area contributed by atoms with Crippen molar-refractivity contribution < 1.29 is 17.9 Å². The Morgan fingerprint density at radius 3 is 2.63 bits per heavy atom. The quantitative estimate of drug-likeness (QED) is 0.557. The van der Waals surface area contributed by atoms with Crippen LogP contribution in [0.15, 0.2) is 27.4 Å². The smallest absolute Gasteiger partial charge is 0.261 e. The van der Waals surface area contributed by atoms with Crippen LogP contribution in [0.1, 0.15) is 29.6 Å². The van der Waals surface area contributed by atoms with E-state index in [0.717, 1.165) is 23.6 Å². The number of piperidine rings is 1. The highest BCUT2D eigenvalue weighted by Crippen LogP contribution is 2.28. The zero-order chi connectivity index (χ0) is 19.4. The number of rotatable bonds is 6. The molecule has 0 saturated carbocycles. The van der Waals surface area contributed by atoms with E-state index in [4.69, 9.17) is 4.74 Å². The maximum atomic E-state index is 12.9. The molecule has 27 heavy (non-hydrogen) atoms. The van der Waals surface area contributed by atoms with Crippen molar-refractivity contribution in [1.82, 2.24) is 14.5 Å². The lowest BCUT2D eigenvalue weighted by Crippen LogP contribution is -2.35. The molecule has 1 N–H and O–H groups in total. The van der Waals surface area contributed by atoms with Gasteiger partial charge in [0.15, 0.2) is 4.34 Å². The van der Waals surface area contributed by atoms with Crippen LogP contribution >= 0.6 is 23.1 Å². The maximum absolute atomic E-state index is 12.9. The van der Waals surface area contributed by atoms with E-state index in [0.29, 0.717) is 24.0 Å². The van der Waals surface area contributed by atoms with E-state index < -0.39 is 15.9 Å². The summed E-state index contributed by atoms with van der Waals surface area (Å²) < 4.78 is 33.2. The van der Waals surface area contributed by atoms with Crippen LogP contribution in [0.4, 0.5) is 5.13 Å². The minimum Gasteiger partial charge on any atom is -0.496 e. The SMILES string of the molecule is COc1ccc(S(=O)(=O)N2CCCCC2)cc1C(=O)Nc1nnc(SC)s1. The fourth-order valence-electron chi connectivity index (χ4n) is 2.79. The number of nitrogens with one attached hydrogen (secondary N) is 1. The minimum absolute atomic E-state index is 0.0809. The van der Waals surface area contributed by atoms with Crippen molar-refractivity contribution in [3.63, 3.8) is 0 Å². The first kappa shape index (κ1) is 20.1. The lowest BCUT2D eigenvalue weighted by molar-refractivity contribution is 0.102. The fourth-order valence-corrected chi connectivity index (χ4v) is 5.50. The van der Waals surface area contributed by atoms with Gasteiger partial charge in [0.2, 0.25) is 15.2 Å². The zero-order valence-corrected chi connectivity index (χ0v) is 17.4. The van der Waals surface area contributed by atoms with Crippen molar-refractivity contribution in [2.24, 2.45) is 0 Å². The zero-order valence-electron chi connectivity index (χ0n) is 15.0. The molecule has 1 aromatic heterocycles. The summed E-state index contributed by atoms with van der Waals surface area (Å²) in [5.74, 6) is -0.203. The Bertz CT molecular complexity index is 923. The van der Waals surface area contributed by atoms with Crippen LogP contribution in [0, 0.1) is 0 Å². The van der Waals surface area contributed by atoms with Crippen molar-refractivity contribution >= 4 is 44.2 Å². The summed E-state index contributed by atoms with van der Waals surface area (Å²) in [5, 5.41) is 10.8. The third-order valence-corrected chi connectivity index (χ3v) is 7.88. The van der Waals surface area contributed by atoms with Gasteiger partial charge >= 0.3 is 0 Å². The second-order valence-electron chi connectivity index (χ2n) is 5.86. The summed E-state index contributed by atoms with van der Waals surface area (Å²) in [6.07, 6.45) is 4.58. The van der Waals surface area contributed by atoms with E-state index in [1.165, 1.54) is 52.7 Å². The maximum Gasteiger partial charge on any atom is 0.261 e. The lowest BCUT2D eigenvalue weighted by atomic mass is 10.2. The van der Waals surface area contributed by atoms with Crippen LogP contribution in [0.5, 0.6) is 5.75 Å². The number of thioether (sulfide) groups is 1. The molecule has 1 aliphatic heterocycles. The Balaban J connectivity index is 1.89. The number of hydrogen-bond donors (Lipinski definition) is 1. The lowest BCUT2D eigenvalue weighted by Gasteiger charge is -2.26. The molecule has 1 aliphatic rings. The monoisotopic (exact) mass is 428 g/mol. The van der Waals surface area contributed by atoms with Gasteiger partial charge in [0.05, 0.1) is 17.6 Å². The molecule has 0 unspecified atom stereocenters. The highest BCUT2D eigenvalue weighted by atomic mass is 32.2. The number of sulfonamides is 1. The topological polar surface area (TPSA) is 101 Å². The Morgan fingerprint density at radius 1 is 1.26 bits per heavy atom. The normalized spacial score (nSPS) is 15.5. The summed E-state index contributed by atoms with van der Waals surface area (Å²) in [7, 11) is -2.21. The molecule has 146 valence electrons. The van der Waals surface area contributed by atoms with Gasteiger partial charge in [-0.05, 0) is 37.3 Å². The standard InChI is InChI=1S/C16H20N4O4S3/c1-24-13-7-6-11(27(22,23)20-8-4-3-5-9-20)10-12(13)14(21)17-15-18-19-16(25-2)26-15/h6-7,10H,3-5,8-9H2,1-2H3,(H,17,18,21). The van der Waals surface area contributed by atoms with Gasteiger partial charge in [-0.2, -0.15) is 4.31 Å². The first-order valence-corrected chi connectivity index (χ1v) is 11.8. The molecule has 0 bridgehead atoms. The van der Waals surface area contributed by atoms with Crippen molar-refractivity contribution in [3.05, 3.63) is 23.8 Å². The molecule has 1 aromatic carbocycles. The van der Waals surface area contributed by atoms with Crippen molar-refractivity contribution in [2.75, 3.05) is 31.8 Å². The number of carbonyl (C=O) groups is 1. The number of carbonyl (C=O) groups excluding carboxylic acids is 1. The van der Waals surface area contributed by atoms with E-state index in [1.807, 2.05) is 6.26 Å². The van der Waals surface area contributed by atoms with Gasteiger partial charge in [0, 0.05) is 13.1 Å². The summed E-state index contributed by atoms with van der Waals surface area (Å²) in [6.45, 7) is 0.996. The Hall–Kier alpha value is -1.69. The highest BCUT2D eigenvalue weighted by molar-refractivity contribution is 8.00. The molecule has 3 rings (SSSR count). The molecule has 0 atom stereocenters. The summed E-state index contributed by atoms with van der Waals surface area (Å²) in [4.78, 5) is 12.8. The van der Waals surface area contributed by atoms with E-state index in [-0.39, 0.29) is 10.5 Å². The number of ether oxygens (including phenoxy) is 1. The highest BCUT2D eigenvalue weighted by Gasteiger charge is 2.27. The Labute approximate surface area is 166 Å². The van der Waals surface area contributed by atoms with E-state index in [2.05, 4.69) is 15.5 Å². The van der Waals surface area contributed by atoms with E-state index >= 15 is 0 Å². The van der Waals surface area contributed by atoms with Gasteiger partial charge in [0.25, 0.3) is 5.91 Å². The first-order chi connectivity index (χ1) is 13.0. The van der Waals surface area contributed by atoms with Gasteiger partial charge in [0.1, 0.15) is 5.75 Å². The van der Waals surface area contributed by atoms with Crippen LogP contribution in [0.2, 0.25) is 0 Å². The molecule has 0 aliphatic carbocycles. The van der Waals surface area contributed by atoms with Crippen molar-refractivity contribution in [2.45, 2.75) is 28.5 Å². The second kappa shape index (κ2) is 8.55. The van der Waals surface area contributed by atoms with Crippen LogP contribution in [0.3, 0.4) is 0 Å². The van der Waals surface area contributed by atoms with Gasteiger partial charge in [-0.25, -0.2) is 8.42 Å². The molecule has 0 radical (unpaired) electrons. The predicted octanol–water partition coefficient (Wildman–Crippen LogP) is 2.70. The summed E-state index contributed by atoms with van der Waals surface area (Å²) in [5.41, 5.74) is 0.136. The van der Waals surface area contributed by atoms with Crippen LogP contribution in [-0.2, 0) is 10.0 Å². The summed E-state index contributed by atoms with van der Waals surface area (Å²) in [6, 6.07) is 4.32. The molecular formula is C16H20N4O4S3. The van der Waals surface area contributed by atoms with Gasteiger partial charge in [-0.3, -0.25) is 10.1 Å². The van der Waals surface area contributed by atoms with Crippen molar-refractivity contribution in [3.8, 4) is 5.75 Å². The molecule has 2 aromatic rings. The molecule has 1 saturated heterocycles. The van der Waals surface area contributed by atoms with Gasteiger partial charge in [-0.15, -0.1) is 10.2 Å². The average molecular weight is 429 g/mol. The molecule has 1 amide bonds. The van der Waals surface area contributed by atoms with Gasteiger partial charge < -0.3 is 4.74 Å². The van der Waals surface area contributed by atoms with Crippen LogP contribution in [0.25, 0.3) is 0 Å². The molecule has 11 heteroatoms. The number of benzene rings is 1. The van der Waals surface area contributed by atoms with Gasteiger partial charge in [-0.1, -0.05) is 29.5 Å². The molecule has 2 heterocycles. The first-order valence-electron chi connectivity index (χ1n) is 8.32. The second-order valence-corrected chi connectivity index (χ2v) is 9.83.